The number of ether oxygens (including phenoxy) is 1. The Bertz CT molecular complexity index is 658. The van der Waals surface area contributed by atoms with Crippen LogP contribution in [0.1, 0.15) is 32.8 Å². The van der Waals surface area contributed by atoms with Crippen LogP contribution in [0.3, 0.4) is 0 Å². The third-order valence-electron chi connectivity index (χ3n) is 2.90. The number of carbonyl (C=O) groups excluding carboxylic acids is 1. The smallest absolute Gasteiger partial charge is 0.267 e. The first-order valence-corrected chi connectivity index (χ1v) is 9.22. The average molecular weight is 351 g/mol. The number of rotatable bonds is 7. The Hall–Kier alpha value is -1.60. The van der Waals surface area contributed by atoms with E-state index in [1.807, 2.05) is 38.1 Å². The van der Waals surface area contributed by atoms with E-state index >= 15 is 0 Å². The van der Waals surface area contributed by atoms with E-state index in [1.165, 1.54) is 11.3 Å². The molecular formula is C16H21N3O2S2. The molecule has 1 aromatic heterocycles. The van der Waals surface area contributed by atoms with Crippen molar-refractivity contribution in [2.24, 2.45) is 0 Å². The standard InChI is InChI=1S/C16H21N3O2S2/c1-5-13(21-12-8-6-7-11(4)9-12)14(20)17-15-18-19-16(23-15)22-10(2)3/h6-10,13H,5H2,1-4H3,(H,17,18,20)/t13-/m1/s1. The normalized spacial score (nSPS) is 12.2. The molecule has 1 atom stereocenters. The molecule has 2 aromatic rings. The van der Waals surface area contributed by atoms with Crippen molar-refractivity contribution in [3.05, 3.63) is 29.8 Å². The summed E-state index contributed by atoms with van der Waals surface area (Å²) in [5.74, 6) is 0.492. The highest BCUT2D eigenvalue weighted by Crippen LogP contribution is 2.28. The van der Waals surface area contributed by atoms with Gasteiger partial charge in [0.15, 0.2) is 10.4 Å². The molecule has 0 aliphatic rings. The molecule has 0 spiro atoms. The van der Waals surface area contributed by atoms with Crippen molar-refractivity contribution < 1.29 is 9.53 Å². The van der Waals surface area contributed by atoms with Gasteiger partial charge in [0.05, 0.1) is 0 Å². The van der Waals surface area contributed by atoms with Gasteiger partial charge >= 0.3 is 0 Å². The summed E-state index contributed by atoms with van der Waals surface area (Å²) in [6.07, 6.45) is 0.0218. The molecular weight excluding hydrogens is 330 g/mol. The van der Waals surface area contributed by atoms with Crippen LogP contribution in [0.2, 0.25) is 0 Å². The van der Waals surface area contributed by atoms with Gasteiger partial charge in [0.2, 0.25) is 5.13 Å². The third kappa shape index (κ3) is 5.51. The molecule has 1 heterocycles. The second-order valence-electron chi connectivity index (χ2n) is 5.36. The molecule has 1 aromatic carbocycles. The van der Waals surface area contributed by atoms with Crippen LogP contribution >= 0.6 is 23.1 Å². The van der Waals surface area contributed by atoms with Crippen LogP contribution in [0.15, 0.2) is 28.6 Å². The van der Waals surface area contributed by atoms with Crippen molar-refractivity contribution in [3.8, 4) is 5.75 Å². The van der Waals surface area contributed by atoms with E-state index in [4.69, 9.17) is 4.74 Å². The quantitative estimate of drug-likeness (QED) is 0.600. The Morgan fingerprint density at radius 3 is 2.83 bits per heavy atom. The summed E-state index contributed by atoms with van der Waals surface area (Å²) in [4.78, 5) is 12.4. The van der Waals surface area contributed by atoms with Gasteiger partial charge < -0.3 is 4.74 Å². The number of thioether (sulfide) groups is 1. The molecule has 23 heavy (non-hydrogen) atoms. The molecule has 0 saturated heterocycles. The Balaban J connectivity index is 1.98. The number of aromatic nitrogens is 2. The van der Waals surface area contributed by atoms with Gasteiger partial charge in [-0.05, 0) is 31.0 Å². The number of anilines is 1. The molecule has 0 fully saturated rings. The second-order valence-corrected chi connectivity index (χ2v) is 8.16. The zero-order valence-electron chi connectivity index (χ0n) is 13.7. The van der Waals surface area contributed by atoms with Crippen LogP contribution < -0.4 is 10.1 Å². The number of carbonyl (C=O) groups is 1. The molecule has 1 amide bonds. The van der Waals surface area contributed by atoms with E-state index < -0.39 is 6.10 Å². The van der Waals surface area contributed by atoms with Crippen LogP contribution in [0.5, 0.6) is 5.75 Å². The van der Waals surface area contributed by atoms with Crippen molar-refractivity contribution in [1.82, 2.24) is 10.2 Å². The predicted octanol–water partition coefficient (Wildman–Crippen LogP) is 4.14. The Morgan fingerprint density at radius 2 is 2.17 bits per heavy atom. The van der Waals surface area contributed by atoms with Gasteiger partial charge in [-0.15, -0.1) is 10.2 Å². The molecule has 0 saturated carbocycles. The molecule has 7 heteroatoms. The predicted molar refractivity (Wildman–Crippen MR) is 95.4 cm³/mol. The van der Waals surface area contributed by atoms with Gasteiger partial charge in [0, 0.05) is 5.25 Å². The molecule has 124 valence electrons. The van der Waals surface area contributed by atoms with Crippen molar-refractivity contribution in [2.75, 3.05) is 5.32 Å². The molecule has 0 radical (unpaired) electrons. The largest absolute Gasteiger partial charge is 0.481 e. The SMILES string of the molecule is CC[C@@H](Oc1cccc(C)c1)C(=O)Nc1nnc(SC(C)C)s1. The maximum atomic E-state index is 12.4. The third-order valence-corrected chi connectivity index (χ3v) is 4.83. The zero-order valence-corrected chi connectivity index (χ0v) is 15.3. The van der Waals surface area contributed by atoms with Gasteiger partial charge in [0.1, 0.15) is 5.75 Å². The minimum absolute atomic E-state index is 0.203. The fourth-order valence-electron chi connectivity index (χ4n) is 1.87. The first-order valence-electron chi connectivity index (χ1n) is 7.52. The van der Waals surface area contributed by atoms with Crippen LogP contribution in [0.4, 0.5) is 5.13 Å². The highest BCUT2D eigenvalue weighted by atomic mass is 32.2. The Morgan fingerprint density at radius 1 is 1.39 bits per heavy atom. The average Bonchev–Trinajstić information content (AvgIpc) is 2.91. The summed E-state index contributed by atoms with van der Waals surface area (Å²) in [6, 6.07) is 7.67. The Kier molecular flexibility index (Phi) is 6.41. The second kappa shape index (κ2) is 8.31. The van der Waals surface area contributed by atoms with Gasteiger partial charge in [-0.2, -0.15) is 0 Å². The van der Waals surface area contributed by atoms with Gasteiger partial charge in [-0.3, -0.25) is 10.1 Å². The lowest BCUT2D eigenvalue weighted by Crippen LogP contribution is -2.32. The minimum Gasteiger partial charge on any atom is -0.481 e. The lowest BCUT2D eigenvalue weighted by molar-refractivity contribution is -0.122. The number of hydrogen-bond donors (Lipinski definition) is 1. The maximum absolute atomic E-state index is 12.4. The summed E-state index contributed by atoms with van der Waals surface area (Å²) >= 11 is 3.01. The van der Waals surface area contributed by atoms with Crippen LogP contribution in [0.25, 0.3) is 0 Å². The van der Waals surface area contributed by atoms with Gasteiger partial charge in [-0.1, -0.05) is 56.0 Å². The van der Waals surface area contributed by atoms with E-state index in [-0.39, 0.29) is 5.91 Å². The van der Waals surface area contributed by atoms with Gasteiger partial charge in [-0.25, -0.2) is 0 Å². The lowest BCUT2D eigenvalue weighted by Gasteiger charge is -2.16. The summed E-state index contributed by atoms with van der Waals surface area (Å²) < 4.78 is 6.64. The van der Waals surface area contributed by atoms with Gasteiger partial charge in [0.25, 0.3) is 5.91 Å². The Labute approximate surface area is 144 Å². The number of nitrogens with zero attached hydrogens (tertiary/aromatic N) is 2. The van der Waals surface area contributed by atoms with E-state index in [2.05, 4.69) is 29.4 Å². The van der Waals surface area contributed by atoms with E-state index in [1.54, 1.807) is 11.8 Å². The first kappa shape index (κ1) is 17.7. The number of amides is 1. The van der Waals surface area contributed by atoms with E-state index in [0.29, 0.717) is 22.6 Å². The van der Waals surface area contributed by atoms with E-state index in [0.717, 1.165) is 9.90 Å². The molecule has 1 N–H and O–H groups in total. The van der Waals surface area contributed by atoms with Crippen molar-refractivity contribution in [1.29, 1.82) is 0 Å². The number of nitrogens with one attached hydrogen (secondary N) is 1. The lowest BCUT2D eigenvalue weighted by atomic mass is 10.2. The summed E-state index contributed by atoms with van der Waals surface area (Å²) in [6.45, 7) is 8.09. The number of benzene rings is 1. The molecule has 0 aliphatic heterocycles. The topological polar surface area (TPSA) is 64.1 Å². The maximum Gasteiger partial charge on any atom is 0.267 e. The highest BCUT2D eigenvalue weighted by Gasteiger charge is 2.20. The molecule has 5 nitrogen and oxygen atoms in total. The van der Waals surface area contributed by atoms with Crippen LogP contribution in [-0.4, -0.2) is 27.5 Å². The molecule has 2 rings (SSSR count). The molecule has 0 unspecified atom stereocenters. The summed E-state index contributed by atoms with van der Waals surface area (Å²) in [5, 5.41) is 11.8. The minimum atomic E-state index is -0.554. The molecule has 0 aliphatic carbocycles. The fourth-order valence-corrected chi connectivity index (χ4v) is 3.85. The number of aryl methyl sites for hydroxylation is 1. The first-order chi connectivity index (χ1) is 11.0. The van der Waals surface area contributed by atoms with Crippen molar-refractivity contribution in [3.63, 3.8) is 0 Å². The summed E-state index contributed by atoms with van der Waals surface area (Å²) in [5.41, 5.74) is 1.09. The van der Waals surface area contributed by atoms with E-state index in [9.17, 15) is 4.79 Å². The molecule has 0 bridgehead atoms. The summed E-state index contributed by atoms with van der Waals surface area (Å²) in [7, 11) is 0. The monoisotopic (exact) mass is 351 g/mol. The van der Waals surface area contributed by atoms with Crippen LogP contribution in [0, 0.1) is 6.92 Å². The van der Waals surface area contributed by atoms with Crippen molar-refractivity contribution in [2.45, 2.75) is 49.8 Å². The fraction of sp³-hybridized carbons (Fsp3) is 0.438. The zero-order chi connectivity index (χ0) is 16.8. The van der Waals surface area contributed by atoms with Crippen molar-refractivity contribution >= 4 is 34.1 Å². The number of hydrogen-bond acceptors (Lipinski definition) is 6. The highest BCUT2D eigenvalue weighted by molar-refractivity contribution is 8.01. The van der Waals surface area contributed by atoms with Crippen LogP contribution in [-0.2, 0) is 4.79 Å².